The van der Waals surface area contributed by atoms with Crippen molar-refractivity contribution in [2.75, 3.05) is 38.6 Å². The minimum absolute atomic E-state index is 0.107. The van der Waals surface area contributed by atoms with E-state index < -0.39 is 0 Å². The highest BCUT2D eigenvalue weighted by molar-refractivity contribution is 5.56. The lowest BCUT2D eigenvalue weighted by molar-refractivity contribution is 0.212. The van der Waals surface area contributed by atoms with Crippen LogP contribution in [0.2, 0.25) is 0 Å². The normalized spacial score (nSPS) is 22.1. The number of nitrogens with one attached hydrogen (secondary N) is 1. The molecule has 1 N–H and O–H groups in total. The first-order chi connectivity index (χ1) is 9.58. The SMILES string of the molecule is CCC1CN(c2c(F)cccc2C(C)NC)CCN1C. The van der Waals surface area contributed by atoms with E-state index >= 15 is 0 Å². The second kappa shape index (κ2) is 6.55. The molecule has 1 aromatic rings. The third-order valence-corrected chi connectivity index (χ3v) is 4.48. The van der Waals surface area contributed by atoms with Gasteiger partial charge in [-0.25, -0.2) is 4.39 Å². The number of likely N-dealkylation sites (N-methyl/N-ethyl adjacent to an activating group) is 1. The average Bonchev–Trinajstić information content (AvgIpc) is 2.47. The second-order valence-electron chi connectivity index (χ2n) is 5.68. The van der Waals surface area contributed by atoms with Crippen LogP contribution in [-0.4, -0.2) is 44.7 Å². The van der Waals surface area contributed by atoms with Gasteiger partial charge >= 0.3 is 0 Å². The molecule has 0 saturated carbocycles. The van der Waals surface area contributed by atoms with E-state index in [0.29, 0.717) is 6.04 Å². The van der Waals surface area contributed by atoms with Gasteiger partial charge in [0.25, 0.3) is 0 Å². The van der Waals surface area contributed by atoms with Gasteiger partial charge in [-0.05, 0) is 39.1 Å². The van der Waals surface area contributed by atoms with Crippen LogP contribution in [0.3, 0.4) is 0 Å². The van der Waals surface area contributed by atoms with Crippen LogP contribution in [0.15, 0.2) is 18.2 Å². The second-order valence-corrected chi connectivity index (χ2v) is 5.68. The van der Waals surface area contributed by atoms with Crippen molar-refractivity contribution in [2.45, 2.75) is 32.4 Å². The predicted octanol–water partition coefficient (Wildman–Crippen LogP) is 2.64. The van der Waals surface area contributed by atoms with Gasteiger partial charge in [0.1, 0.15) is 5.82 Å². The predicted molar refractivity (Wildman–Crippen MR) is 82.8 cm³/mol. The zero-order valence-electron chi connectivity index (χ0n) is 13.0. The molecule has 0 spiro atoms. The molecule has 1 saturated heterocycles. The molecule has 0 aliphatic carbocycles. The summed E-state index contributed by atoms with van der Waals surface area (Å²) in [6.45, 7) is 7.05. The zero-order chi connectivity index (χ0) is 14.7. The summed E-state index contributed by atoms with van der Waals surface area (Å²) in [5, 5.41) is 3.22. The van der Waals surface area contributed by atoms with Crippen LogP contribution < -0.4 is 10.2 Å². The Labute approximate surface area is 121 Å². The number of hydrogen-bond acceptors (Lipinski definition) is 3. The number of piperazine rings is 1. The first-order valence-electron chi connectivity index (χ1n) is 7.49. The van der Waals surface area contributed by atoms with Crippen molar-refractivity contribution in [1.29, 1.82) is 0 Å². The van der Waals surface area contributed by atoms with E-state index in [1.807, 2.05) is 13.1 Å². The molecule has 112 valence electrons. The zero-order valence-corrected chi connectivity index (χ0v) is 13.0. The molecule has 1 aliphatic rings. The Morgan fingerprint density at radius 3 is 2.80 bits per heavy atom. The number of nitrogens with zero attached hydrogens (tertiary/aromatic N) is 2. The molecular formula is C16H26FN3. The molecule has 1 aliphatic heterocycles. The summed E-state index contributed by atoms with van der Waals surface area (Å²) in [6.07, 6.45) is 1.10. The molecule has 0 amide bonds. The van der Waals surface area contributed by atoms with Gasteiger partial charge in [0.05, 0.1) is 5.69 Å². The summed E-state index contributed by atoms with van der Waals surface area (Å²) >= 11 is 0. The third kappa shape index (κ3) is 2.96. The van der Waals surface area contributed by atoms with E-state index in [2.05, 4.69) is 36.0 Å². The molecular weight excluding hydrogens is 253 g/mol. The quantitative estimate of drug-likeness (QED) is 0.914. The number of rotatable bonds is 4. The van der Waals surface area contributed by atoms with Gasteiger partial charge in [-0.15, -0.1) is 0 Å². The van der Waals surface area contributed by atoms with Gasteiger partial charge in [-0.2, -0.15) is 0 Å². The van der Waals surface area contributed by atoms with Crippen molar-refractivity contribution in [3.05, 3.63) is 29.6 Å². The Morgan fingerprint density at radius 2 is 2.15 bits per heavy atom. The summed E-state index contributed by atoms with van der Waals surface area (Å²) in [5.74, 6) is -0.107. The number of benzene rings is 1. The van der Waals surface area contributed by atoms with E-state index in [9.17, 15) is 4.39 Å². The molecule has 3 nitrogen and oxygen atoms in total. The summed E-state index contributed by atoms with van der Waals surface area (Å²) in [5.41, 5.74) is 1.83. The van der Waals surface area contributed by atoms with Crippen molar-refractivity contribution in [2.24, 2.45) is 0 Å². The lowest BCUT2D eigenvalue weighted by Crippen LogP contribution is -2.51. The molecule has 2 atom stereocenters. The van der Waals surface area contributed by atoms with Crippen molar-refractivity contribution >= 4 is 5.69 Å². The molecule has 20 heavy (non-hydrogen) atoms. The highest BCUT2D eigenvalue weighted by Gasteiger charge is 2.27. The van der Waals surface area contributed by atoms with Crippen molar-refractivity contribution in [3.63, 3.8) is 0 Å². The number of para-hydroxylation sites is 1. The fourth-order valence-electron chi connectivity index (χ4n) is 2.96. The number of halogens is 1. The first-order valence-corrected chi connectivity index (χ1v) is 7.49. The third-order valence-electron chi connectivity index (χ3n) is 4.48. The van der Waals surface area contributed by atoms with Gasteiger partial charge in [-0.1, -0.05) is 19.1 Å². The van der Waals surface area contributed by atoms with E-state index in [0.717, 1.165) is 37.3 Å². The molecule has 2 unspecified atom stereocenters. The lowest BCUT2D eigenvalue weighted by atomic mass is 10.0. The Morgan fingerprint density at radius 1 is 1.40 bits per heavy atom. The first kappa shape index (κ1) is 15.3. The number of anilines is 1. The average molecular weight is 279 g/mol. The maximum Gasteiger partial charge on any atom is 0.146 e. The van der Waals surface area contributed by atoms with Crippen LogP contribution in [0.5, 0.6) is 0 Å². The minimum Gasteiger partial charge on any atom is -0.366 e. The summed E-state index contributed by atoms with van der Waals surface area (Å²) in [6, 6.07) is 6.05. The molecule has 0 bridgehead atoms. The van der Waals surface area contributed by atoms with Crippen molar-refractivity contribution in [3.8, 4) is 0 Å². The Kier molecular flexibility index (Phi) is 5.00. The van der Waals surface area contributed by atoms with E-state index in [-0.39, 0.29) is 11.9 Å². The number of hydrogen-bond donors (Lipinski definition) is 1. The van der Waals surface area contributed by atoms with Crippen LogP contribution in [0.4, 0.5) is 10.1 Å². The van der Waals surface area contributed by atoms with E-state index in [1.54, 1.807) is 12.1 Å². The summed E-state index contributed by atoms with van der Waals surface area (Å²) in [7, 11) is 4.07. The molecule has 0 aromatic heterocycles. The van der Waals surface area contributed by atoms with Crippen LogP contribution in [-0.2, 0) is 0 Å². The highest BCUT2D eigenvalue weighted by atomic mass is 19.1. The maximum absolute atomic E-state index is 14.4. The fourth-order valence-corrected chi connectivity index (χ4v) is 2.96. The van der Waals surface area contributed by atoms with E-state index in [1.165, 1.54) is 0 Å². The van der Waals surface area contributed by atoms with Crippen molar-refractivity contribution in [1.82, 2.24) is 10.2 Å². The minimum atomic E-state index is -0.107. The van der Waals surface area contributed by atoms with Gasteiger partial charge in [0, 0.05) is 31.7 Å². The smallest absolute Gasteiger partial charge is 0.146 e. The Balaban J connectivity index is 2.32. The van der Waals surface area contributed by atoms with E-state index in [4.69, 9.17) is 0 Å². The summed E-state index contributed by atoms with van der Waals surface area (Å²) < 4.78 is 14.4. The molecule has 2 rings (SSSR count). The monoisotopic (exact) mass is 279 g/mol. The molecule has 0 radical (unpaired) electrons. The molecule has 1 fully saturated rings. The highest BCUT2D eigenvalue weighted by Crippen LogP contribution is 2.31. The van der Waals surface area contributed by atoms with Crippen LogP contribution in [0.1, 0.15) is 31.9 Å². The van der Waals surface area contributed by atoms with Gasteiger partial charge < -0.3 is 10.2 Å². The maximum atomic E-state index is 14.4. The summed E-state index contributed by atoms with van der Waals surface area (Å²) in [4.78, 5) is 4.59. The lowest BCUT2D eigenvalue weighted by Gasteiger charge is -2.41. The largest absolute Gasteiger partial charge is 0.366 e. The Hall–Kier alpha value is -1.13. The van der Waals surface area contributed by atoms with Gasteiger partial charge in [-0.3, -0.25) is 4.90 Å². The standard InChI is InChI=1S/C16H26FN3/c1-5-13-11-20(10-9-19(13)4)16-14(12(2)18-3)7-6-8-15(16)17/h6-8,12-13,18H,5,9-11H2,1-4H3. The van der Waals surface area contributed by atoms with Crippen LogP contribution >= 0.6 is 0 Å². The van der Waals surface area contributed by atoms with Gasteiger partial charge in [0.15, 0.2) is 0 Å². The van der Waals surface area contributed by atoms with Crippen LogP contribution in [0, 0.1) is 5.82 Å². The molecule has 1 heterocycles. The Bertz CT molecular complexity index is 449. The molecule has 4 heteroatoms. The van der Waals surface area contributed by atoms with Crippen LogP contribution in [0.25, 0.3) is 0 Å². The topological polar surface area (TPSA) is 18.5 Å². The van der Waals surface area contributed by atoms with Crippen molar-refractivity contribution < 1.29 is 4.39 Å². The molecule has 1 aromatic carbocycles. The van der Waals surface area contributed by atoms with Gasteiger partial charge in [0.2, 0.25) is 0 Å². The fraction of sp³-hybridized carbons (Fsp3) is 0.625.